The lowest BCUT2D eigenvalue weighted by Crippen LogP contribution is -2.45. The Labute approximate surface area is 219 Å². The Morgan fingerprint density at radius 2 is 1.03 bits per heavy atom. The number of rotatable bonds is 27. The fourth-order valence-electron chi connectivity index (χ4n) is 4.71. The molecule has 0 rings (SSSR count). The van der Waals surface area contributed by atoms with Crippen molar-refractivity contribution in [3.05, 3.63) is 12.3 Å². The summed E-state index contributed by atoms with van der Waals surface area (Å²) in [5, 5.41) is 28.8. The van der Waals surface area contributed by atoms with Crippen LogP contribution in [0.3, 0.4) is 0 Å². The van der Waals surface area contributed by atoms with Crippen molar-refractivity contribution in [2.75, 3.05) is 19.6 Å². The average Bonchev–Trinajstić information content (AvgIpc) is 2.82. The Hall–Kier alpha value is -1.89. The van der Waals surface area contributed by atoms with Crippen molar-refractivity contribution >= 4 is 17.9 Å². The van der Waals surface area contributed by atoms with Gasteiger partial charge >= 0.3 is 11.9 Å². The monoisotopic (exact) mass is 511 g/mol. The number of unbranched alkanes of at least 4 members (excludes halogenated alkanes) is 13. The van der Waals surface area contributed by atoms with Gasteiger partial charge in [-0.25, -0.2) is 0 Å². The smallest absolute Gasteiger partial charge is 0.303 e. The second-order valence-corrected chi connectivity index (χ2v) is 10.3. The molecule has 0 spiro atoms. The number of hydrogen-bond acceptors (Lipinski definition) is 4. The van der Waals surface area contributed by atoms with Crippen LogP contribution in [0.5, 0.6) is 0 Å². The summed E-state index contributed by atoms with van der Waals surface area (Å²) in [7, 11) is 0. The van der Waals surface area contributed by atoms with Gasteiger partial charge in [0.2, 0.25) is 0 Å². The average molecular weight is 512 g/mol. The number of aliphatic carboxylic acids is 3. The molecule has 210 valence electrons. The highest BCUT2D eigenvalue weighted by Crippen LogP contribution is 2.19. The molecule has 0 radical (unpaired) electrons. The molecule has 0 amide bonds. The van der Waals surface area contributed by atoms with Crippen molar-refractivity contribution in [1.29, 1.82) is 0 Å². The standard InChI is InChI=1S/C29H53NO6/c1-2-3-4-5-6-7-8-9-10-11-12-16-23-30(24-17-13-20-27(31)32,25-18-14-21-28(33)34)26-19-15-22-29(35)36/h16,23H,2-15,17-22,24-26H2,1H3,(H2-,31,32,33,34,35,36)/b23-16+. The van der Waals surface area contributed by atoms with Crippen molar-refractivity contribution in [2.45, 2.75) is 135 Å². The summed E-state index contributed by atoms with van der Waals surface area (Å²) in [6, 6.07) is 0. The lowest BCUT2D eigenvalue weighted by Gasteiger charge is -2.35. The van der Waals surface area contributed by atoms with E-state index in [2.05, 4.69) is 19.2 Å². The van der Waals surface area contributed by atoms with Crippen molar-refractivity contribution in [2.24, 2.45) is 0 Å². The van der Waals surface area contributed by atoms with E-state index in [-0.39, 0.29) is 19.3 Å². The lowest BCUT2D eigenvalue weighted by atomic mass is 10.1. The highest BCUT2D eigenvalue weighted by atomic mass is 16.4. The fourth-order valence-corrected chi connectivity index (χ4v) is 4.71. The molecule has 2 N–H and O–H groups in total. The zero-order valence-corrected chi connectivity index (χ0v) is 22.9. The molecule has 0 atom stereocenters. The van der Waals surface area contributed by atoms with Crippen LogP contribution < -0.4 is 5.11 Å². The molecule has 0 bridgehead atoms. The first-order valence-corrected chi connectivity index (χ1v) is 14.5. The Morgan fingerprint density at radius 1 is 0.611 bits per heavy atom. The van der Waals surface area contributed by atoms with Gasteiger partial charge in [0.05, 0.1) is 25.8 Å². The van der Waals surface area contributed by atoms with Gasteiger partial charge in [-0.05, 0) is 63.9 Å². The van der Waals surface area contributed by atoms with Gasteiger partial charge in [-0.2, -0.15) is 0 Å². The lowest BCUT2D eigenvalue weighted by molar-refractivity contribution is -0.880. The maximum atomic E-state index is 10.9. The molecule has 0 aliphatic rings. The molecule has 0 fully saturated rings. The zero-order chi connectivity index (χ0) is 26.9. The van der Waals surface area contributed by atoms with E-state index in [9.17, 15) is 19.5 Å². The Morgan fingerprint density at radius 3 is 1.44 bits per heavy atom. The normalized spacial score (nSPS) is 11.8. The van der Waals surface area contributed by atoms with Crippen molar-refractivity contribution in [3.63, 3.8) is 0 Å². The number of carbonyl (C=O) groups is 3. The molecule has 0 aliphatic carbocycles. The van der Waals surface area contributed by atoms with Crippen molar-refractivity contribution < 1.29 is 34.2 Å². The maximum absolute atomic E-state index is 10.9. The SMILES string of the molecule is CCCCCCCCCCCC/C=C/[N+](CCCCC(=O)[O-])(CCCCC(=O)O)CCCCC(=O)O. The van der Waals surface area contributed by atoms with Crippen LogP contribution in [0.1, 0.15) is 135 Å². The maximum Gasteiger partial charge on any atom is 0.303 e. The van der Waals surface area contributed by atoms with Gasteiger partial charge in [0.15, 0.2) is 0 Å². The van der Waals surface area contributed by atoms with Crippen LogP contribution in [-0.2, 0) is 14.4 Å². The third-order valence-electron chi connectivity index (χ3n) is 6.87. The fraction of sp³-hybridized carbons (Fsp3) is 0.828. The van der Waals surface area contributed by atoms with Crippen LogP contribution in [-0.4, -0.2) is 52.2 Å². The second-order valence-electron chi connectivity index (χ2n) is 10.3. The van der Waals surface area contributed by atoms with Crippen LogP contribution in [0.15, 0.2) is 12.3 Å². The molecule has 36 heavy (non-hydrogen) atoms. The van der Waals surface area contributed by atoms with Gasteiger partial charge in [0.1, 0.15) is 0 Å². The zero-order valence-electron chi connectivity index (χ0n) is 22.9. The van der Waals surface area contributed by atoms with Crippen LogP contribution in [0.2, 0.25) is 0 Å². The Balaban J connectivity index is 4.76. The minimum Gasteiger partial charge on any atom is -0.550 e. The van der Waals surface area contributed by atoms with E-state index in [0.717, 1.165) is 51.7 Å². The molecule has 0 aromatic carbocycles. The summed E-state index contributed by atoms with van der Waals surface area (Å²) in [5.41, 5.74) is 0. The van der Waals surface area contributed by atoms with E-state index in [1.54, 1.807) is 0 Å². The van der Waals surface area contributed by atoms with Gasteiger partial charge in [-0.1, -0.05) is 64.7 Å². The quantitative estimate of drug-likeness (QED) is 0.102. The number of carbonyl (C=O) groups excluding carboxylic acids is 1. The predicted molar refractivity (Wildman–Crippen MR) is 142 cm³/mol. The molecule has 7 heteroatoms. The van der Waals surface area contributed by atoms with Gasteiger partial charge in [0.25, 0.3) is 0 Å². The molecule has 0 aromatic heterocycles. The van der Waals surface area contributed by atoms with Crippen molar-refractivity contribution in [1.82, 2.24) is 0 Å². The van der Waals surface area contributed by atoms with Crippen LogP contribution in [0.4, 0.5) is 0 Å². The molecular formula is C29H53NO6. The minimum absolute atomic E-state index is 0.0420. The Bertz CT molecular complexity index is 550. The molecular weight excluding hydrogens is 458 g/mol. The van der Waals surface area contributed by atoms with Crippen molar-refractivity contribution in [3.8, 4) is 0 Å². The summed E-state index contributed by atoms with van der Waals surface area (Å²) in [6.45, 7) is 4.61. The van der Waals surface area contributed by atoms with E-state index >= 15 is 0 Å². The summed E-state index contributed by atoms with van der Waals surface area (Å²) < 4.78 is 0.671. The van der Waals surface area contributed by atoms with Gasteiger partial charge in [-0.3, -0.25) is 14.1 Å². The number of allylic oxidation sites excluding steroid dienone is 1. The number of carboxylic acid groups (broad SMARTS) is 3. The van der Waals surface area contributed by atoms with Gasteiger partial charge in [-0.15, -0.1) is 0 Å². The Kier molecular flexibility index (Phi) is 22.3. The predicted octanol–water partition coefficient (Wildman–Crippen LogP) is 6.06. The highest BCUT2D eigenvalue weighted by molar-refractivity contribution is 5.66. The topological polar surface area (TPSA) is 115 Å². The molecule has 0 aromatic rings. The summed E-state index contributed by atoms with van der Waals surface area (Å²) in [6.07, 6.45) is 22.8. The number of nitrogens with zero attached hydrogens (tertiary/aromatic N) is 1. The third kappa shape index (κ3) is 22.6. The first kappa shape index (κ1) is 34.1. The summed E-state index contributed by atoms with van der Waals surface area (Å²) in [5.74, 6) is -2.62. The molecule has 0 heterocycles. The van der Waals surface area contributed by atoms with Crippen LogP contribution in [0.25, 0.3) is 0 Å². The van der Waals surface area contributed by atoms with Crippen LogP contribution >= 0.6 is 0 Å². The summed E-state index contributed by atoms with van der Waals surface area (Å²) >= 11 is 0. The molecule has 0 aliphatic heterocycles. The third-order valence-corrected chi connectivity index (χ3v) is 6.87. The molecule has 7 nitrogen and oxygen atoms in total. The molecule has 0 saturated heterocycles. The van der Waals surface area contributed by atoms with Gasteiger partial charge in [0, 0.05) is 18.8 Å². The summed E-state index contributed by atoms with van der Waals surface area (Å²) in [4.78, 5) is 32.7. The van der Waals surface area contributed by atoms with Crippen LogP contribution in [0, 0.1) is 0 Å². The van der Waals surface area contributed by atoms with E-state index in [1.165, 1.54) is 57.8 Å². The van der Waals surface area contributed by atoms with E-state index in [0.29, 0.717) is 23.7 Å². The number of carboxylic acids is 3. The second kappa shape index (κ2) is 23.5. The van der Waals surface area contributed by atoms with E-state index < -0.39 is 17.9 Å². The minimum atomic E-state index is -1.03. The van der Waals surface area contributed by atoms with E-state index in [4.69, 9.17) is 10.2 Å². The first-order chi connectivity index (χ1) is 17.3. The highest BCUT2D eigenvalue weighted by Gasteiger charge is 2.24. The molecule has 0 unspecified atom stereocenters. The molecule has 0 saturated carbocycles. The van der Waals surface area contributed by atoms with E-state index in [1.807, 2.05) is 0 Å². The van der Waals surface area contributed by atoms with Gasteiger partial charge < -0.3 is 20.1 Å². The largest absolute Gasteiger partial charge is 0.550 e. The number of hydrogen-bond donors (Lipinski definition) is 2. The first-order valence-electron chi connectivity index (χ1n) is 14.5. The number of quaternary nitrogens is 1.